The van der Waals surface area contributed by atoms with Gasteiger partial charge in [0.05, 0.1) is 51.6 Å². The minimum Gasteiger partial charge on any atom is -0.493 e. The van der Waals surface area contributed by atoms with Gasteiger partial charge in [0.1, 0.15) is 5.69 Å². The van der Waals surface area contributed by atoms with Crippen LogP contribution in [0, 0.1) is 0 Å². The lowest BCUT2D eigenvalue weighted by atomic mass is 10.1. The maximum Gasteiger partial charge on any atom is 0.273 e. The zero-order valence-electron chi connectivity index (χ0n) is 18.4. The Morgan fingerprint density at radius 2 is 1.97 bits per heavy atom. The van der Waals surface area contributed by atoms with Crippen molar-refractivity contribution in [1.82, 2.24) is 20.0 Å². The molecule has 1 aliphatic heterocycles. The second kappa shape index (κ2) is 9.73. The molecule has 10 nitrogen and oxygen atoms in total. The maximum absolute atomic E-state index is 12.7. The first-order valence-electron chi connectivity index (χ1n) is 10.4. The van der Waals surface area contributed by atoms with Crippen LogP contribution in [0.25, 0.3) is 11.3 Å². The summed E-state index contributed by atoms with van der Waals surface area (Å²) in [5.41, 5.74) is 2.21. The number of anilines is 1. The van der Waals surface area contributed by atoms with Crippen LogP contribution < -0.4 is 19.5 Å². The van der Waals surface area contributed by atoms with E-state index in [1.807, 2.05) is 0 Å². The van der Waals surface area contributed by atoms with Crippen molar-refractivity contribution < 1.29 is 23.7 Å². The van der Waals surface area contributed by atoms with Crippen LogP contribution in [0.15, 0.2) is 30.6 Å². The predicted octanol–water partition coefficient (Wildman–Crippen LogP) is 3.12. The van der Waals surface area contributed by atoms with Crippen LogP contribution in [0.5, 0.6) is 17.2 Å². The van der Waals surface area contributed by atoms with Crippen molar-refractivity contribution in [2.24, 2.45) is 0 Å². The van der Waals surface area contributed by atoms with Crippen molar-refractivity contribution in [3.05, 3.63) is 36.3 Å². The van der Waals surface area contributed by atoms with E-state index in [1.165, 1.54) is 6.42 Å². The third-order valence-electron chi connectivity index (χ3n) is 5.34. The number of nitrogens with zero attached hydrogens (tertiary/aromatic N) is 3. The van der Waals surface area contributed by atoms with Gasteiger partial charge in [0, 0.05) is 18.4 Å². The van der Waals surface area contributed by atoms with E-state index in [0.717, 1.165) is 25.0 Å². The summed E-state index contributed by atoms with van der Waals surface area (Å²) < 4.78 is 23.7. The largest absolute Gasteiger partial charge is 0.493 e. The van der Waals surface area contributed by atoms with E-state index < -0.39 is 0 Å². The van der Waals surface area contributed by atoms with Crippen molar-refractivity contribution in [1.29, 1.82) is 0 Å². The molecule has 1 aliphatic rings. The van der Waals surface area contributed by atoms with Crippen molar-refractivity contribution in [3.63, 3.8) is 0 Å². The van der Waals surface area contributed by atoms with Gasteiger partial charge in [-0.3, -0.25) is 14.6 Å². The monoisotopic (exact) mass is 441 g/mol. The maximum atomic E-state index is 12.7. The molecule has 1 aromatic carbocycles. The van der Waals surface area contributed by atoms with Gasteiger partial charge in [0.2, 0.25) is 5.75 Å². The van der Waals surface area contributed by atoms with E-state index in [-0.39, 0.29) is 12.0 Å². The van der Waals surface area contributed by atoms with E-state index >= 15 is 0 Å². The number of carbonyl (C=O) groups is 1. The number of ether oxygens (including phenoxy) is 4. The Morgan fingerprint density at radius 3 is 2.62 bits per heavy atom. The molecule has 0 spiro atoms. The lowest BCUT2D eigenvalue weighted by molar-refractivity contribution is 0.00400. The van der Waals surface area contributed by atoms with E-state index in [9.17, 15) is 4.79 Å². The van der Waals surface area contributed by atoms with Gasteiger partial charge in [0.25, 0.3) is 5.91 Å². The summed E-state index contributed by atoms with van der Waals surface area (Å²) in [5.74, 6) is 1.18. The molecule has 1 amide bonds. The number of benzene rings is 1. The van der Waals surface area contributed by atoms with E-state index in [4.69, 9.17) is 18.9 Å². The van der Waals surface area contributed by atoms with Crippen LogP contribution in [-0.4, -0.2) is 59.9 Å². The molecular formula is C22H27N5O5. The fraction of sp³-hybridized carbons (Fsp3) is 0.409. The molecule has 170 valence electrons. The summed E-state index contributed by atoms with van der Waals surface area (Å²) >= 11 is 0. The van der Waals surface area contributed by atoms with Crippen LogP contribution in [0.1, 0.15) is 29.8 Å². The first-order chi connectivity index (χ1) is 15.6. The first-order valence-corrected chi connectivity index (χ1v) is 10.4. The molecule has 0 bridgehead atoms. The minimum atomic E-state index is -0.315. The summed E-state index contributed by atoms with van der Waals surface area (Å²) in [6.45, 7) is 1.47. The number of carbonyl (C=O) groups excluding carboxylic acids is 1. The number of hydrogen-bond acceptors (Lipinski definition) is 7. The van der Waals surface area contributed by atoms with Gasteiger partial charge in [-0.2, -0.15) is 10.2 Å². The number of amides is 1. The Kier molecular flexibility index (Phi) is 6.60. The van der Waals surface area contributed by atoms with Crippen molar-refractivity contribution >= 4 is 11.6 Å². The summed E-state index contributed by atoms with van der Waals surface area (Å²) in [4.78, 5) is 12.7. The molecule has 32 heavy (non-hydrogen) atoms. The van der Waals surface area contributed by atoms with Crippen LogP contribution >= 0.6 is 0 Å². The zero-order valence-corrected chi connectivity index (χ0v) is 18.4. The molecule has 0 radical (unpaired) electrons. The second-order valence-corrected chi connectivity index (χ2v) is 7.47. The number of methoxy groups -OCH3 is 3. The highest BCUT2D eigenvalue weighted by molar-refractivity contribution is 6.03. The minimum absolute atomic E-state index is 0.167. The van der Waals surface area contributed by atoms with Crippen LogP contribution in [0.3, 0.4) is 0 Å². The molecule has 2 N–H and O–H groups in total. The number of aromatic amines is 1. The van der Waals surface area contributed by atoms with Gasteiger partial charge in [-0.1, -0.05) is 0 Å². The molecule has 1 saturated heterocycles. The molecular weight excluding hydrogens is 414 g/mol. The Balaban J connectivity index is 1.45. The van der Waals surface area contributed by atoms with Crippen molar-refractivity contribution in [2.75, 3.05) is 33.3 Å². The highest BCUT2D eigenvalue weighted by Gasteiger charge is 2.18. The molecule has 4 rings (SSSR count). The van der Waals surface area contributed by atoms with Crippen LogP contribution in [0.2, 0.25) is 0 Å². The van der Waals surface area contributed by atoms with E-state index in [2.05, 4.69) is 20.6 Å². The number of aromatic nitrogens is 4. The Hall–Kier alpha value is -3.53. The van der Waals surface area contributed by atoms with Gasteiger partial charge < -0.3 is 24.3 Å². The van der Waals surface area contributed by atoms with E-state index in [1.54, 1.807) is 56.6 Å². The van der Waals surface area contributed by atoms with Crippen molar-refractivity contribution in [2.45, 2.75) is 31.9 Å². The average molecular weight is 441 g/mol. The topological polar surface area (TPSA) is 113 Å². The lowest BCUT2D eigenvalue weighted by Crippen LogP contribution is -2.24. The highest BCUT2D eigenvalue weighted by atomic mass is 16.5. The highest BCUT2D eigenvalue weighted by Crippen LogP contribution is 2.40. The SMILES string of the molecule is COc1cc(-c2cc(C(=O)Nc3cnn(CC4CCCCO4)c3)[nH]n2)cc(OC)c1OC. The molecule has 0 saturated carbocycles. The number of rotatable bonds is 8. The van der Waals surface area contributed by atoms with Gasteiger partial charge in [-0.25, -0.2) is 0 Å². The summed E-state index contributed by atoms with van der Waals surface area (Å²) in [7, 11) is 4.64. The lowest BCUT2D eigenvalue weighted by Gasteiger charge is -2.22. The van der Waals surface area contributed by atoms with Crippen LogP contribution in [-0.2, 0) is 11.3 Å². The molecule has 1 unspecified atom stereocenters. The molecule has 10 heteroatoms. The summed E-state index contributed by atoms with van der Waals surface area (Å²) in [6.07, 6.45) is 6.90. The molecule has 1 fully saturated rings. The van der Waals surface area contributed by atoms with Gasteiger partial charge in [-0.15, -0.1) is 0 Å². The molecule has 2 aromatic heterocycles. The Labute approximate surface area is 185 Å². The second-order valence-electron chi connectivity index (χ2n) is 7.47. The van der Waals surface area contributed by atoms with Crippen molar-refractivity contribution in [3.8, 4) is 28.5 Å². The Morgan fingerprint density at radius 1 is 1.19 bits per heavy atom. The predicted molar refractivity (Wildman–Crippen MR) is 117 cm³/mol. The molecule has 3 heterocycles. The van der Waals surface area contributed by atoms with Crippen LogP contribution in [0.4, 0.5) is 5.69 Å². The standard InChI is InChI=1S/C22H27N5O5/c1-29-19-8-14(9-20(30-2)21(19)31-3)17-10-18(26-25-17)22(28)24-15-11-23-27(12-15)13-16-6-4-5-7-32-16/h8-12,16H,4-7,13H2,1-3H3,(H,24,28)(H,25,26). The number of hydrogen-bond donors (Lipinski definition) is 2. The van der Waals surface area contributed by atoms with Gasteiger partial charge in [-0.05, 0) is 37.5 Å². The summed E-state index contributed by atoms with van der Waals surface area (Å²) in [6, 6.07) is 5.21. The zero-order chi connectivity index (χ0) is 22.5. The fourth-order valence-electron chi connectivity index (χ4n) is 3.70. The summed E-state index contributed by atoms with van der Waals surface area (Å²) in [5, 5.41) is 14.2. The third kappa shape index (κ3) is 4.70. The third-order valence-corrected chi connectivity index (χ3v) is 5.34. The first kappa shape index (κ1) is 21.7. The normalized spacial score (nSPS) is 15.9. The smallest absolute Gasteiger partial charge is 0.273 e. The number of nitrogens with one attached hydrogen (secondary N) is 2. The fourth-order valence-corrected chi connectivity index (χ4v) is 3.70. The molecule has 0 aliphatic carbocycles. The van der Waals surface area contributed by atoms with Gasteiger partial charge in [0.15, 0.2) is 11.5 Å². The molecule has 3 aromatic rings. The van der Waals surface area contributed by atoms with Gasteiger partial charge >= 0.3 is 0 Å². The molecule has 1 atom stereocenters. The quantitative estimate of drug-likeness (QED) is 0.552. The van der Waals surface area contributed by atoms with E-state index in [0.29, 0.717) is 40.9 Å². The average Bonchev–Trinajstić information content (AvgIpc) is 3.48. The Bertz CT molecular complexity index is 1050. The number of H-pyrrole nitrogens is 1.